The molecule has 2 fully saturated rings. The van der Waals surface area contributed by atoms with Crippen LogP contribution in [0.25, 0.3) is 10.9 Å². The number of fused-ring (bicyclic) bond motifs is 1. The Morgan fingerprint density at radius 2 is 1.49 bits per heavy atom. The average molecular weight is 907 g/mol. The number of hydrogen-bond acceptors (Lipinski definition) is 10. The van der Waals surface area contributed by atoms with E-state index in [0.717, 1.165) is 22.9 Å². The molecule has 3 heterocycles. The fourth-order valence-electron chi connectivity index (χ4n) is 8.50. The Kier molecular flexibility index (Phi) is 20.0. The summed E-state index contributed by atoms with van der Waals surface area (Å²) >= 11 is 0. The normalized spacial score (nSPS) is 19.0. The number of likely N-dealkylation sites (tertiary alicyclic amines) is 2. The largest absolute Gasteiger partial charge is 0.480 e. The van der Waals surface area contributed by atoms with Crippen LogP contribution in [-0.2, 0) is 49.5 Å². The molecule has 2 aromatic rings. The third-order valence-corrected chi connectivity index (χ3v) is 12.4. The molecule has 4 rings (SSSR count). The van der Waals surface area contributed by atoms with Gasteiger partial charge in [0.15, 0.2) is 0 Å². The van der Waals surface area contributed by atoms with E-state index < -0.39 is 89.7 Å². The predicted octanol–water partition coefficient (Wildman–Crippen LogP) is 2.84. The first-order valence-corrected chi connectivity index (χ1v) is 23.1. The number of nitrogens with two attached hydrogens (primary N) is 1. The molecule has 1 aromatic carbocycles. The van der Waals surface area contributed by atoms with Crippen molar-refractivity contribution in [2.45, 2.75) is 154 Å². The lowest BCUT2D eigenvalue weighted by Gasteiger charge is -2.33. The fraction of sp³-hybridized carbons (Fsp3) is 0.617. The van der Waals surface area contributed by atoms with E-state index in [1.54, 1.807) is 19.2 Å². The number of esters is 1. The molecule has 0 radical (unpaired) electrons. The van der Waals surface area contributed by atoms with Crippen LogP contribution in [0.3, 0.4) is 0 Å². The van der Waals surface area contributed by atoms with E-state index in [1.807, 2.05) is 52.0 Å². The molecule has 358 valence electrons. The number of carboxylic acids is 1. The van der Waals surface area contributed by atoms with Crippen LogP contribution < -0.4 is 27.0 Å². The van der Waals surface area contributed by atoms with Gasteiger partial charge >= 0.3 is 11.9 Å². The Hall–Kier alpha value is -5.78. The molecule has 8 N–H and O–H groups in total. The standard InChI is InChI=1S/C47H70N8O10/c1-7-9-18-34(50-41(57)32(48)17-11-13-22-39(56)65-6)42(58)53-40(29(5)8-2)44(60)52-35(25-28(3)4)45(61)54-23-14-20-37(54)43(59)51-36(46(62)55-24-15-21-38(55)47(63)64)26-30-27-49-33-19-12-10-16-31(30)33/h10,12-13,16,19,22,27-29,32,34-38,40,49H,7-9,11,14-15,17-18,20-21,23-26,48H2,1-6H3,(H,50,57)(H,51,59)(H,52,60)(H,53,58)(H,63,64). The van der Waals surface area contributed by atoms with Crippen molar-refractivity contribution in [2.75, 3.05) is 20.2 Å². The summed E-state index contributed by atoms with van der Waals surface area (Å²) in [6.45, 7) is 9.88. The highest BCUT2D eigenvalue weighted by atomic mass is 16.5. The molecule has 0 aliphatic carbocycles. The summed E-state index contributed by atoms with van der Waals surface area (Å²) in [5.41, 5.74) is 7.73. The van der Waals surface area contributed by atoms with Crippen LogP contribution in [0.2, 0.25) is 0 Å². The van der Waals surface area contributed by atoms with Gasteiger partial charge in [0.25, 0.3) is 0 Å². The summed E-state index contributed by atoms with van der Waals surface area (Å²) in [7, 11) is 1.26. The molecule has 2 aliphatic rings. The quantitative estimate of drug-likeness (QED) is 0.0595. The van der Waals surface area contributed by atoms with Gasteiger partial charge in [0.1, 0.15) is 36.3 Å². The highest BCUT2D eigenvalue weighted by Crippen LogP contribution is 2.25. The molecule has 2 saturated heterocycles. The zero-order chi connectivity index (χ0) is 47.8. The number of carbonyl (C=O) groups is 8. The number of nitrogens with one attached hydrogen (secondary N) is 5. The van der Waals surface area contributed by atoms with Crippen LogP contribution in [0.4, 0.5) is 0 Å². The molecule has 18 heteroatoms. The summed E-state index contributed by atoms with van der Waals surface area (Å²) in [5, 5.41) is 22.2. The molecule has 0 spiro atoms. The number of carbonyl (C=O) groups excluding carboxylic acids is 7. The molecule has 65 heavy (non-hydrogen) atoms. The molecule has 0 saturated carbocycles. The van der Waals surface area contributed by atoms with Crippen LogP contribution in [0.1, 0.15) is 111 Å². The zero-order valence-electron chi connectivity index (χ0n) is 38.7. The lowest BCUT2D eigenvalue weighted by atomic mass is 9.95. The van der Waals surface area contributed by atoms with Gasteiger partial charge in [0.2, 0.25) is 35.4 Å². The molecule has 8 unspecified atom stereocenters. The number of aromatic amines is 1. The first-order valence-electron chi connectivity index (χ1n) is 23.1. The number of unbranched alkanes of at least 4 members (excludes halogenated alkanes) is 1. The summed E-state index contributed by atoms with van der Waals surface area (Å²) in [4.78, 5) is 114. The van der Waals surface area contributed by atoms with E-state index in [9.17, 15) is 43.5 Å². The monoisotopic (exact) mass is 907 g/mol. The maximum absolute atomic E-state index is 14.5. The minimum absolute atomic E-state index is 0.0645. The van der Waals surface area contributed by atoms with Crippen molar-refractivity contribution < 1.29 is 48.2 Å². The summed E-state index contributed by atoms with van der Waals surface area (Å²) in [6.07, 6.45) is 9.13. The highest BCUT2D eigenvalue weighted by molar-refractivity contribution is 5.98. The van der Waals surface area contributed by atoms with Crippen molar-refractivity contribution in [3.63, 3.8) is 0 Å². The number of carboxylic acid groups (broad SMARTS) is 1. The first kappa shape index (κ1) is 51.9. The number of aliphatic carboxylic acids is 1. The Bertz CT molecular complexity index is 2020. The van der Waals surface area contributed by atoms with E-state index in [4.69, 9.17) is 5.73 Å². The molecule has 18 nitrogen and oxygen atoms in total. The molecule has 6 amide bonds. The molecule has 8 atom stereocenters. The third kappa shape index (κ3) is 14.4. The van der Waals surface area contributed by atoms with Gasteiger partial charge in [-0.2, -0.15) is 0 Å². The van der Waals surface area contributed by atoms with Gasteiger partial charge in [-0.05, 0) is 74.8 Å². The fourth-order valence-corrected chi connectivity index (χ4v) is 8.50. The molecule has 1 aromatic heterocycles. The van der Waals surface area contributed by atoms with Crippen molar-refractivity contribution in [2.24, 2.45) is 17.6 Å². The number of allylic oxidation sites excluding steroid dienone is 1. The van der Waals surface area contributed by atoms with Gasteiger partial charge in [-0.3, -0.25) is 28.8 Å². The average Bonchev–Trinajstić information content (AvgIpc) is 4.08. The second-order valence-electron chi connectivity index (χ2n) is 17.7. The van der Waals surface area contributed by atoms with Gasteiger partial charge in [0, 0.05) is 42.7 Å². The Morgan fingerprint density at radius 1 is 0.846 bits per heavy atom. The highest BCUT2D eigenvalue weighted by Gasteiger charge is 2.42. The number of ether oxygens (including phenoxy) is 1. The number of H-pyrrole nitrogens is 1. The molecule has 2 aliphatic heterocycles. The van der Waals surface area contributed by atoms with Crippen molar-refractivity contribution in [3.8, 4) is 0 Å². The van der Waals surface area contributed by atoms with E-state index in [0.29, 0.717) is 44.9 Å². The van der Waals surface area contributed by atoms with Gasteiger partial charge in [0.05, 0.1) is 13.2 Å². The van der Waals surface area contributed by atoms with Crippen molar-refractivity contribution in [1.29, 1.82) is 0 Å². The summed E-state index contributed by atoms with van der Waals surface area (Å²) < 4.78 is 4.57. The SMILES string of the molecule is CCCCC(NC(=O)C(N)CCC=CC(=O)OC)C(=O)NC(C(=O)NC(CC(C)C)C(=O)N1CCCC1C(=O)NC(Cc1c[nH]c2ccccc12)C(=O)N1CCCC1C(=O)O)C(C)CC. The smallest absolute Gasteiger partial charge is 0.330 e. The summed E-state index contributed by atoms with van der Waals surface area (Å²) in [6, 6.07) is 0.311. The zero-order valence-corrected chi connectivity index (χ0v) is 38.7. The van der Waals surface area contributed by atoms with Gasteiger partial charge < -0.3 is 51.6 Å². The Morgan fingerprint density at radius 3 is 2.14 bits per heavy atom. The maximum Gasteiger partial charge on any atom is 0.330 e. The van der Waals surface area contributed by atoms with Crippen molar-refractivity contribution in [1.82, 2.24) is 36.1 Å². The molecular formula is C47H70N8O10. The number of methoxy groups -OCH3 is 1. The Labute approximate surface area is 381 Å². The van der Waals surface area contributed by atoms with E-state index in [-0.39, 0.29) is 50.6 Å². The van der Waals surface area contributed by atoms with Crippen LogP contribution in [0, 0.1) is 11.8 Å². The number of nitrogens with zero attached hydrogens (tertiary/aromatic N) is 2. The number of para-hydroxylation sites is 1. The third-order valence-electron chi connectivity index (χ3n) is 12.4. The summed E-state index contributed by atoms with van der Waals surface area (Å²) in [5.74, 6) is -5.37. The van der Waals surface area contributed by atoms with Gasteiger partial charge in [-0.1, -0.05) is 78.2 Å². The van der Waals surface area contributed by atoms with Crippen LogP contribution >= 0.6 is 0 Å². The van der Waals surface area contributed by atoms with Gasteiger partial charge in [-0.25, -0.2) is 9.59 Å². The lowest BCUT2D eigenvalue weighted by molar-refractivity contribution is -0.149. The van der Waals surface area contributed by atoms with Crippen LogP contribution in [0.15, 0.2) is 42.6 Å². The topological polar surface area (TPSA) is 262 Å². The lowest BCUT2D eigenvalue weighted by Crippen LogP contribution is -2.60. The second-order valence-corrected chi connectivity index (χ2v) is 17.7. The Balaban J connectivity index is 1.51. The van der Waals surface area contributed by atoms with E-state index >= 15 is 0 Å². The van der Waals surface area contributed by atoms with E-state index in [2.05, 4.69) is 31.0 Å². The van der Waals surface area contributed by atoms with E-state index in [1.165, 1.54) is 23.0 Å². The maximum atomic E-state index is 14.5. The minimum Gasteiger partial charge on any atom is -0.480 e. The predicted molar refractivity (Wildman–Crippen MR) is 244 cm³/mol. The molecular weight excluding hydrogens is 837 g/mol. The number of hydrogen-bond donors (Lipinski definition) is 7. The number of amides is 6. The minimum atomic E-state index is -1.12. The number of benzene rings is 1. The van der Waals surface area contributed by atoms with Crippen LogP contribution in [-0.4, -0.2) is 130 Å². The van der Waals surface area contributed by atoms with Crippen molar-refractivity contribution >= 4 is 58.3 Å². The molecule has 0 bridgehead atoms. The van der Waals surface area contributed by atoms with Crippen molar-refractivity contribution in [3.05, 3.63) is 48.2 Å². The van der Waals surface area contributed by atoms with Crippen LogP contribution in [0.5, 0.6) is 0 Å². The first-order chi connectivity index (χ1) is 31.0. The number of aromatic nitrogens is 1. The number of rotatable bonds is 24. The second kappa shape index (κ2) is 25.1. The van der Waals surface area contributed by atoms with Gasteiger partial charge in [-0.15, -0.1) is 0 Å².